The maximum atomic E-state index is 9.25. The van der Waals surface area contributed by atoms with Gasteiger partial charge in [0.1, 0.15) is 0 Å². The van der Waals surface area contributed by atoms with E-state index in [-0.39, 0.29) is 6.10 Å². The monoisotopic (exact) mass is 156 g/mol. The summed E-state index contributed by atoms with van der Waals surface area (Å²) >= 11 is 0. The molecule has 1 saturated carbocycles. The van der Waals surface area contributed by atoms with Crippen LogP contribution in [0.5, 0.6) is 0 Å². The average Bonchev–Trinajstić information content (AvgIpc) is 2.72. The van der Waals surface area contributed by atoms with Crippen LogP contribution in [0.2, 0.25) is 0 Å². The second kappa shape index (κ2) is 3.11. The average molecular weight is 156 g/mol. The van der Waals surface area contributed by atoms with Crippen LogP contribution >= 0.6 is 0 Å². The minimum absolute atomic E-state index is 0.000112. The van der Waals surface area contributed by atoms with Gasteiger partial charge in [0.2, 0.25) is 0 Å². The number of ether oxygens (including phenoxy) is 1. The number of hydrogen-bond acceptors (Lipinski definition) is 2. The summed E-state index contributed by atoms with van der Waals surface area (Å²) in [6.07, 6.45) is 6.35. The summed E-state index contributed by atoms with van der Waals surface area (Å²) in [6, 6.07) is 0. The quantitative estimate of drug-likeness (QED) is 0.625. The van der Waals surface area contributed by atoms with E-state index >= 15 is 0 Å². The molecule has 1 saturated heterocycles. The smallest absolute Gasteiger partial charge is 0.0810 e. The van der Waals surface area contributed by atoms with Crippen molar-refractivity contribution in [1.29, 1.82) is 0 Å². The van der Waals surface area contributed by atoms with Crippen LogP contribution < -0.4 is 0 Å². The van der Waals surface area contributed by atoms with E-state index < -0.39 is 0 Å². The van der Waals surface area contributed by atoms with Gasteiger partial charge in [0.25, 0.3) is 0 Å². The molecule has 0 aromatic heterocycles. The molecule has 0 radical (unpaired) electrons. The summed E-state index contributed by atoms with van der Waals surface area (Å²) < 4.78 is 5.13. The molecule has 0 aromatic rings. The highest BCUT2D eigenvalue weighted by molar-refractivity contribution is 4.77. The Bertz CT molecular complexity index is 132. The van der Waals surface area contributed by atoms with Crippen molar-refractivity contribution in [2.45, 2.75) is 44.3 Å². The normalized spacial score (nSPS) is 42.8. The minimum atomic E-state index is 0.000112. The molecule has 64 valence electrons. The van der Waals surface area contributed by atoms with Gasteiger partial charge in [-0.05, 0) is 38.0 Å². The van der Waals surface area contributed by atoms with Gasteiger partial charge in [-0.2, -0.15) is 0 Å². The molecule has 1 aliphatic carbocycles. The topological polar surface area (TPSA) is 32.8 Å². The summed E-state index contributed by atoms with van der Waals surface area (Å²) in [5.74, 6) is 0.786. The van der Waals surface area contributed by atoms with Gasteiger partial charge in [-0.3, -0.25) is 0 Å². The highest BCUT2D eigenvalue weighted by atomic mass is 16.6. The fourth-order valence-corrected chi connectivity index (χ4v) is 1.97. The highest BCUT2D eigenvalue weighted by Gasteiger charge is 2.27. The number of aliphatic hydroxyl groups excluding tert-OH is 1. The lowest BCUT2D eigenvalue weighted by Gasteiger charge is -2.06. The van der Waals surface area contributed by atoms with Gasteiger partial charge in [0, 0.05) is 0 Å². The number of epoxide rings is 1. The second-order valence-corrected chi connectivity index (χ2v) is 3.87. The van der Waals surface area contributed by atoms with Crippen LogP contribution in [-0.4, -0.2) is 23.9 Å². The maximum Gasteiger partial charge on any atom is 0.0810 e. The Morgan fingerprint density at radius 2 is 2.09 bits per heavy atom. The molecule has 2 nitrogen and oxygen atoms in total. The van der Waals surface area contributed by atoms with E-state index in [9.17, 15) is 5.11 Å². The zero-order valence-electron chi connectivity index (χ0n) is 6.83. The molecule has 3 unspecified atom stereocenters. The Kier molecular flexibility index (Phi) is 2.14. The fraction of sp³-hybridized carbons (Fsp3) is 1.00. The Morgan fingerprint density at radius 3 is 2.64 bits per heavy atom. The molecule has 0 spiro atoms. The van der Waals surface area contributed by atoms with Crippen molar-refractivity contribution in [1.82, 2.24) is 0 Å². The van der Waals surface area contributed by atoms with Gasteiger partial charge in [-0.1, -0.05) is 0 Å². The first-order valence-corrected chi connectivity index (χ1v) is 4.64. The third kappa shape index (κ3) is 2.17. The van der Waals surface area contributed by atoms with E-state index in [0.29, 0.717) is 6.10 Å². The maximum absolute atomic E-state index is 9.25. The van der Waals surface area contributed by atoms with Crippen LogP contribution in [0.25, 0.3) is 0 Å². The predicted octanol–water partition coefficient (Wildman–Crippen LogP) is 1.33. The second-order valence-electron chi connectivity index (χ2n) is 3.87. The predicted molar refractivity (Wildman–Crippen MR) is 42.3 cm³/mol. The molecular formula is C9H16O2. The first-order valence-electron chi connectivity index (χ1n) is 4.64. The van der Waals surface area contributed by atoms with Crippen LogP contribution in [0.1, 0.15) is 32.1 Å². The molecule has 0 bridgehead atoms. The summed E-state index contributed by atoms with van der Waals surface area (Å²) in [4.78, 5) is 0. The minimum Gasteiger partial charge on any atom is -0.393 e. The van der Waals surface area contributed by atoms with Crippen molar-refractivity contribution in [2.75, 3.05) is 6.61 Å². The van der Waals surface area contributed by atoms with Crippen molar-refractivity contribution >= 4 is 0 Å². The van der Waals surface area contributed by atoms with Crippen LogP contribution in [0.3, 0.4) is 0 Å². The first kappa shape index (κ1) is 7.56. The molecule has 2 heteroatoms. The van der Waals surface area contributed by atoms with E-state index in [4.69, 9.17) is 4.74 Å². The largest absolute Gasteiger partial charge is 0.393 e. The third-order valence-corrected chi connectivity index (χ3v) is 2.81. The first-order chi connectivity index (χ1) is 5.34. The number of rotatable bonds is 3. The van der Waals surface area contributed by atoms with Crippen molar-refractivity contribution in [3.8, 4) is 0 Å². The van der Waals surface area contributed by atoms with E-state index in [2.05, 4.69) is 0 Å². The van der Waals surface area contributed by atoms with Crippen molar-refractivity contribution in [3.63, 3.8) is 0 Å². The summed E-state index contributed by atoms with van der Waals surface area (Å²) in [5.41, 5.74) is 0. The molecule has 1 heterocycles. The van der Waals surface area contributed by atoms with Crippen LogP contribution in [-0.2, 0) is 4.74 Å². The van der Waals surface area contributed by atoms with Crippen molar-refractivity contribution < 1.29 is 9.84 Å². The molecule has 2 fully saturated rings. The molecule has 3 atom stereocenters. The third-order valence-electron chi connectivity index (χ3n) is 2.81. The molecule has 1 N–H and O–H groups in total. The van der Waals surface area contributed by atoms with Crippen LogP contribution in [0.15, 0.2) is 0 Å². The Morgan fingerprint density at radius 1 is 1.27 bits per heavy atom. The SMILES string of the molecule is OC1CCC(CCC2CO2)C1. The number of hydrogen-bond donors (Lipinski definition) is 1. The highest BCUT2D eigenvalue weighted by Crippen LogP contribution is 2.31. The molecule has 0 aromatic carbocycles. The van der Waals surface area contributed by atoms with Gasteiger partial charge >= 0.3 is 0 Å². The van der Waals surface area contributed by atoms with E-state index in [1.54, 1.807) is 0 Å². The fourth-order valence-electron chi connectivity index (χ4n) is 1.97. The molecule has 2 aliphatic rings. The lowest BCUT2D eigenvalue weighted by molar-refractivity contribution is 0.176. The molecule has 11 heavy (non-hydrogen) atoms. The standard InChI is InChI=1S/C9H16O2/c10-8-3-1-7(5-8)2-4-9-6-11-9/h7-10H,1-6H2. The Balaban J connectivity index is 1.62. The summed E-state index contributed by atoms with van der Waals surface area (Å²) in [6.45, 7) is 0.981. The molecule has 0 amide bonds. The summed E-state index contributed by atoms with van der Waals surface area (Å²) in [5, 5.41) is 9.25. The van der Waals surface area contributed by atoms with E-state index in [1.807, 2.05) is 0 Å². The molecule has 2 rings (SSSR count). The van der Waals surface area contributed by atoms with E-state index in [1.165, 1.54) is 19.3 Å². The lowest BCUT2D eigenvalue weighted by Crippen LogP contribution is -2.01. The van der Waals surface area contributed by atoms with E-state index in [0.717, 1.165) is 25.4 Å². The van der Waals surface area contributed by atoms with Gasteiger partial charge < -0.3 is 9.84 Å². The zero-order chi connectivity index (χ0) is 7.68. The Hall–Kier alpha value is -0.0800. The van der Waals surface area contributed by atoms with Crippen molar-refractivity contribution in [2.24, 2.45) is 5.92 Å². The number of aliphatic hydroxyl groups is 1. The van der Waals surface area contributed by atoms with Gasteiger partial charge in [0.05, 0.1) is 18.8 Å². The lowest BCUT2D eigenvalue weighted by atomic mass is 10.0. The van der Waals surface area contributed by atoms with Crippen LogP contribution in [0.4, 0.5) is 0 Å². The van der Waals surface area contributed by atoms with Gasteiger partial charge in [-0.25, -0.2) is 0 Å². The summed E-state index contributed by atoms with van der Waals surface area (Å²) in [7, 11) is 0. The molecular weight excluding hydrogens is 140 g/mol. The zero-order valence-corrected chi connectivity index (χ0v) is 6.83. The molecule has 1 aliphatic heterocycles. The van der Waals surface area contributed by atoms with Gasteiger partial charge in [0.15, 0.2) is 0 Å². The Labute approximate surface area is 67.6 Å². The van der Waals surface area contributed by atoms with Crippen LogP contribution in [0, 0.1) is 5.92 Å². The van der Waals surface area contributed by atoms with Gasteiger partial charge in [-0.15, -0.1) is 0 Å². The van der Waals surface area contributed by atoms with Crippen molar-refractivity contribution in [3.05, 3.63) is 0 Å².